The Bertz CT molecular complexity index is 296. The molecule has 0 N–H and O–H groups in total. The predicted octanol–water partition coefficient (Wildman–Crippen LogP) is 2.90. The zero-order chi connectivity index (χ0) is 8.81. The molecule has 0 aromatic heterocycles. The van der Waals surface area contributed by atoms with Crippen LogP contribution in [0, 0.1) is 12.3 Å². The molecule has 1 aromatic rings. The van der Waals surface area contributed by atoms with Crippen LogP contribution in [-0.4, -0.2) is 0 Å². The number of rotatable bonds is 2. The van der Waals surface area contributed by atoms with Crippen molar-refractivity contribution in [2.75, 3.05) is 0 Å². The van der Waals surface area contributed by atoms with Gasteiger partial charge in [-0.3, -0.25) is 0 Å². The molecule has 0 nitrogen and oxygen atoms in total. The van der Waals surface area contributed by atoms with E-state index in [2.05, 4.69) is 37.1 Å². The van der Waals surface area contributed by atoms with Crippen molar-refractivity contribution in [1.29, 1.82) is 0 Å². The highest BCUT2D eigenvalue weighted by Gasteiger charge is 1.87. The third-order valence-electron chi connectivity index (χ3n) is 1.76. The quantitative estimate of drug-likeness (QED) is 0.577. The Morgan fingerprint density at radius 3 is 2.50 bits per heavy atom. The molecular weight excluding hydrogens is 144 g/mol. The molecular formula is C12H12. The van der Waals surface area contributed by atoms with Crippen LogP contribution in [0.25, 0.3) is 6.08 Å². The molecule has 0 saturated heterocycles. The van der Waals surface area contributed by atoms with Crippen LogP contribution in [0.5, 0.6) is 0 Å². The number of aryl methyl sites for hydroxylation is 1. The molecule has 0 aliphatic carbocycles. The summed E-state index contributed by atoms with van der Waals surface area (Å²) in [5, 5.41) is 0. The molecule has 0 aliphatic heterocycles. The minimum Gasteiger partial charge on any atom is -0.115 e. The van der Waals surface area contributed by atoms with E-state index in [0.29, 0.717) is 0 Å². The largest absolute Gasteiger partial charge is 0.115 e. The first-order valence-electron chi connectivity index (χ1n) is 4.08. The van der Waals surface area contributed by atoms with Gasteiger partial charge in [-0.2, -0.15) is 0 Å². The summed E-state index contributed by atoms with van der Waals surface area (Å²) in [4.78, 5) is 0. The molecule has 0 spiro atoms. The topological polar surface area (TPSA) is 0 Å². The van der Waals surface area contributed by atoms with Gasteiger partial charge in [0.2, 0.25) is 0 Å². The zero-order valence-corrected chi connectivity index (χ0v) is 7.25. The Morgan fingerprint density at radius 1 is 1.33 bits per heavy atom. The van der Waals surface area contributed by atoms with Crippen LogP contribution >= 0.6 is 0 Å². The van der Waals surface area contributed by atoms with Crippen LogP contribution in [-0.2, 0) is 6.42 Å². The first kappa shape index (κ1) is 8.62. The lowest BCUT2D eigenvalue weighted by Gasteiger charge is -1.95. The predicted molar refractivity (Wildman–Crippen MR) is 53.7 cm³/mol. The van der Waals surface area contributed by atoms with Gasteiger partial charge in [-0.1, -0.05) is 37.1 Å². The van der Waals surface area contributed by atoms with E-state index >= 15 is 0 Å². The number of benzene rings is 1. The average molecular weight is 156 g/mol. The number of terminal acetylenes is 1. The molecule has 12 heavy (non-hydrogen) atoms. The second-order valence-corrected chi connectivity index (χ2v) is 2.60. The standard InChI is InChI=1S/C12H12/c1-3-5-6-12-9-7-11(4-2)8-10-12/h1,5-10H,4H2,2H3/b6-5+. The summed E-state index contributed by atoms with van der Waals surface area (Å²) in [5.41, 5.74) is 2.51. The minimum atomic E-state index is 1.08. The second-order valence-electron chi connectivity index (χ2n) is 2.60. The smallest absolute Gasteiger partial charge is 0.0116 e. The number of hydrogen-bond donors (Lipinski definition) is 0. The Hall–Kier alpha value is -1.48. The molecule has 0 aliphatic rings. The summed E-state index contributed by atoms with van der Waals surface area (Å²) in [5.74, 6) is 2.46. The number of hydrogen-bond acceptors (Lipinski definition) is 0. The lowest BCUT2D eigenvalue weighted by atomic mass is 10.1. The molecule has 0 radical (unpaired) electrons. The van der Waals surface area contributed by atoms with Gasteiger partial charge in [0.05, 0.1) is 0 Å². The van der Waals surface area contributed by atoms with Crippen molar-refractivity contribution in [2.45, 2.75) is 13.3 Å². The third-order valence-corrected chi connectivity index (χ3v) is 1.76. The molecule has 1 rings (SSSR count). The van der Waals surface area contributed by atoms with E-state index in [1.165, 1.54) is 5.56 Å². The SMILES string of the molecule is C#C/C=C/c1ccc(CC)cc1. The molecule has 0 fully saturated rings. The maximum absolute atomic E-state index is 5.10. The van der Waals surface area contributed by atoms with Gasteiger partial charge in [-0.25, -0.2) is 0 Å². The van der Waals surface area contributed by atoms with E-state index < -0.39 is 0 Å². The summed E-state index contributed by atoms with van der Waals surface area (Å²) in [6.45, 7) is 2.15. The third kappa shape index (κ3) is 2.29. The lowest BCUT2D eigenvalue weighted by Crippen LogP contribution is -1.78. The maximum atomic E-state index is 5.10. The molecule has 0 unspecified atom stereocenters. The lowest BCUT2D eigenvalue weighted by molar-refractivity contribution is 1.14. The van der Waals surface area contributed by atoms with Crippen LogP contribution in [0.3, 0.4) is 0 Å². The molecule has 0 saturated carbocycles. The molecule has 1 aromatic carbocycles. The van der Waals surface area contributed by atoms with E-state index in [9.17, 15) is 0 Å². The van der Waals surface area contributed by atoms with E-state index in [4.69, 9.17) is 6.42 Å². The zero-order valence-electron chi connectivity index (χ0n) is 7.25. The van der Waals surface area contributed by atoms with Gasteiger partial charge >= 0.3 is 0 Å². The van der Waals surface area contributed by atoms with Gasteiger partial charge < -0.3 is 0 Å². The van der Waals surface area contributed by atoms with Crippen molar-refractivity contribution in [3.63, 3.8) is 0 Å². The van der Waals surface area contributed by atoms with Crippen LogP contribution in [0.15, 0.2) is 30.3 Å². The van der Waals surface area contributed by atoms with Gasteiger partial charge in [0.15, 0.2) is 0 Å². The Morgan fingerprint density at radius 2 is 2.00 bits per heavy atom. The summed E-state index contributed by atoms with van der Waals surface area (Å²) >= 11 is 0. The van der Waals surface area contributed by atoms with E-state index in [-0.39, 0.29) is 0 Å². The fourth-order valence-electron chi connectivity index (χ4n) is 1.01. The molecule has 60 valence electrons. The summed E-state index contributed by atoms with van der Waals surface area (Å²) in [6, 6.07) is 8.39. The Kier molecular flexibility index (Phi) is 3.17. The maximum Gasteiger partial charge on any atom is -0.0116 e. The Labute approximate surface area is 73.9 Å². The minimum absolute atomic E-state index is 1.08. The van der Waals surface area contributed by atoms with Crippen molar-refractivity contribution in [1.82, 2.24) is 0 Å². The first-order valence-corrected chi connectivity index (χ1v) is 4.08. The van der Waals surface area contributed by atoms with Gasteiger partial charge in [0.25, 0.3) is 0 Å². The molecule has 0 atom stereocenters. The molecule has 0 heteroatoms. The van der Waals surface area contributed by atoms with Crippen LogP contribution in [0.1, 0.15) is 18.1 Å². The first-order chi connectivity index (χ1) is 5.86. The van der Waals surface area contributed by atoms with E-state index in [1.54, 1.807) is 6.08 Å². The van der Waals surface area contributed by atoms with E-state index in [1.807, 2.05) is 6.08 Å². The van der Waals surface area contributed by atoms with Crippen LogP contribution in [0.2, 0.25) is 0 Å². The van der Waals surface area contributed by atoms with Gasteiger partial charge in [-0.05, 0) is 29.7 Å². The monoisotopic (exact) mass is 156 g/mol. The van der Waals surface area contributed by atoms with Crippen LogP contribution in [0.4, 0.5) is 0 Å². The fraction of sp³-hybridized carbons (Fsp3) is 0.167. The number of allylic oxidation sites excluding steroid dienone is 1. The highest BCUT2D eigenvalue weighted by Crippen LogP contribution is 2.06. The Balaban J connectivity index is 2.79. The van der Waals surface area contributed by atoms with Gasteiger partial charge in [0, 0.05) is 0 Å². The van der Waals surface area contributed by atoms with Crippen LogP contribution < -0.4 is 0 Å². The average Bonchev–Trinajstić information content (AvgIpc) is 2.15. The van der Waals surface area contributed by atoms with Crippen molar-refractivity contribution >= 4 is 6.08 Å². The summed E-state index contributed by atoms with van der Waals surface area (Å²) in [7, 11) is 0. The molecule has 0 bridgehead atoms. The normalized spacial score (nSPS) is 10.0. The fourth-order valence-corrected chi connectivity index (χ4v) is 1.01. The highest BCUT2D eigenvalue weighted by molar-refractivity contribution is 5.52. The molecule has 0 amide bonds. The summed E-state index contributed by atoms with van der Waals surface area (Å²) in [6.07, 6.45) is 9.82. The van der Waals surface area contributed by atoms with Gasteiger partial charge in [-0.15, -0.1) is 6.42 Å². The second kappa shape index (κ2) is 4.41. The highest BCUT2D eigenvalue weighted by atomic mass is 13.9. The van der Waals surface area contributed by atoms with Crippen molar-refractivity contribution in [2.24, 2.45) is 0 Å². The van der Waals surface area contributed by atoms with Crippen molar-refractivity contribution in [3.8, 4) is 12.3 Å². The van der Waals surface area contributed by atoms with Crippen molar-refractivity contribution in [3.05, 3.63) is 41.5 Å². The molecule has 0 heterocycles. The van der Waals surface area contributed by atoms with Crippen molar-refractivity contribution < 1.29 is 0 Å². The van der Waals surface area contributed by atoms with Gasteiger partial charge in [0.1, 0.15) is 0 Å². The van der Waals surface area contributed by atoms with E-state index in [0.717, 1.165) is 12.0 Å². The summed E-state index contributed by atoms with van der Waals surface area (Å²) < 4.78 is 0.